The van der Waals surface area contributed by atoms with Crippen LogP contribution in [0.5, 0.6) is 11.5 Å². The lowest BCUT2D eigenvalue weighted by molar-refractivity contribution is -0.123. The van der Waals surface area contributed by atoms with Crippen molar-refractivity contribution in [1.29, 1.82) is 0 Å². The average Bonchev–Trinajstić information content (AvgIpc) is 3.07. The predicted octanol–water partition coefficient (Wildman–Crippen LogP) is 6.96. The van der Waals surface area contributed by atoms with E-state index in [1.54, 1.807) is 60.7 Å². The zero-order valence-electron chi connectivity index (χ0n) is 17.9. The lowest BCUT2D eigenvalue weighted by Gasteiger charge is -2.13. The van der Waals surface area contributed by atoms with Gasteiger partial charge in [-0.25, -0.2) is 4.39 Å². The molecule has 0 N–H and O–H groups in total. The average molecular weight is 518 g/mol. The van der Waals surface area contributed by atoms with Crippen LogP contribution >= 0.6 is 35.0 Å². The first-order chi connectivity index (χ1) is 16.4. The minimum atomic E-state index is -0.482. The summed E-state index contributed by atoms with van der Waals surface area (Å²) in [6.07, 6.45) is 1.59. The molecule has 0 radical (unpaired) electrons. The number of hydrogen-bond acceptors (Lipinski definition) is 5. The molecule has 0 aliphatic carbocycles. The normalized spacial score (nSPS) is 14.7. The van der Waals surface area contributed by atoms with Crippen LogP contribution in [0.3, 0.4) is 0 Å². The molecule has 3 aromatic rings. The number of hydrogen-bond donors (Lipinski definition) is 0. The molecule has 9 heteroatoms. The van der Waals surface area contributed by atoms with Crippen LogP contribution in [0.4, 0.5) is 9.18 Å². The Morgan fingerprint density at radius 2 is 1.79 bits per heavy atom. The van der Waals surface area contributed by atoms with Crippen molar-refractivity contribution < 1.29 is 23.5 Å². The summed E-state index contributed by atoms with van der Waals surface area (Å²) >= 11 is 13.0. The van der Waals surface area contributed by atoms with Crippen LogP contribution in [-0.4, -0.2) is 23.2 Å². The molecule has 0 saturated carbocycles. The van der Waals surface area contributed by atoms with Crippen molar-refractivity contribution in [2.45, 2.75) is 13.2 Å². The molecular weight excluding hydrogens is 500 g/mol. The van der Waals surface area contributed by atoms with Crippen LogP contribution in [0, 0.1) is 5.82 Å². The maximum Gasteiger partial charge on any atom is 0.293 e. The van der Waals surface area contributed by atoms with Crippen molar-refractivity contribution in [3.8, 4) is 11.5 Å². The van der Waals surface area contributed by atoms with Crippen molar-refractivity contribution in [3.63, 3.8) is 0 Å². The first-order valence-corrected chi connectivity index (χ1v) is 11.7. The molecule has 5 nitrogen and oxygen atoms in total. The van der Waals surface area contributed by atoms with Gasteiger partial charge in [-0.1, -0.05) is 53.5 Å². The van der Waals surface area contributed by atoms with Gasteiger partial charge in [0.05, 0.1) is 18.6 Å². The highest BCUT2D eigenvalue weighted by Gasteiger charge is 2.35. The summed E-state index contributed by atoms with van der Waals surface area (Å²) in [6.45, 7) is 0.0441. The summed E-state index contributed by atoms with van der Waals surface area (Å²) in [5, 5.41) is 0.547. The van der Waals surface area contributed by atoms with Crippen molar-refractivity contribution in [1.82, 2.24) is 4.90 Å². The quantitative estimate of drug-likeness (QED) is 0.317. The molecule has 1 saturated heterocycles. The number of ether oxygens (including phenoxy) is 2. The van der Waals surface area contributed by atoms with E-state index in [9.17, 15) is 14.0 Å². The van der Waals surface area contributed by atoms with Crippen molar-refractivity contribution in [3.05, 3.63) is 98.1 Å². The number of carbonyl (C=O) groups is 2. The summed E-state index contributed by atoms with van der Waals surface area (Å²) < 4.78 is 25.3. The summed E-state index contributed by atoms with van der Waals surface area (Å²) in [7, 11) is 1.52. The highest BCUT2D eigenvalue weighted by atomic mass is 35.5. The number of rotatable bonds is 7. The van der Waals surface area contributed by atoms with Gasteiger partial charge in [-0.05, 0) is 53.7 Å². The largest absolute Gasteiger partial charge is 0.493 e. The van der Waals surface area contributed by atoms with Crippen LogP contribution in [0.2, 0.25) is 10.0 Å². The highest BCUT2D eigenvalue weighted by molar-refractivity contribution is 8.18. The second-order valence-corrected chi connectivity index (χ2v) is 9.13. The predicted molar refractivity (Wildman–Crippen MR) is 132 cm³/mol. The van der Waals surface area contributed by atoms with Crippen LogP contribution in [-0.2, 0) is 17.9 Å². The number of nitrogens with zero attached hydrogens (tertiary/aromatic N) is 1. The fraction of sp³-hybridized carbons (Fsp3) is 0.120. The molecule has 3 aromatic carbocycles. The third-order valence-electron chi connectivity index (χ3n) is 5.04. The molecule has 0 unspecified atom stereocenters. The third-order valence-corrected chi connectivity index (χ3v) is 6.54. The maximum absolute atomic E-state index is 14.0. The zero-order valence-corrected chi connectivity index (χ0v) is 20.2. The molecule has 1 heterocycles. The van der Waals surface area contributed by atoms with Gasteiger partial charge >= 0.3 is 0 Å². The molecule has 34 heavy (non-hydrogen) atoms. The minimum absolute atomic E-state index is 0.131. The van der Waals surface area contributed by atoms with Crippen molar-refractivity contribution >= 4 is 52.2 Å². The molecule has 0 atom stereocenters. The fourth-order valence-electron chi connectivity index (χ4n) is 3.27. The Morgan fingerprint density at radius 3 is 2.53 bits per heavy atom. The number of carbonyl (C=O) groups excluding carboxylic acids is 2. The topological polar surface area (TPSA) is 55.8 Å². The van der Waals surface area contributed by atoms with E-state index in [4.69, 9.17) is 32.7 Å². The van der Waals surface area contributed by atoms with Gasteiger partial charge in [0, 0.05) is 21.2 Å². The molecule has 0 spiro atoms. The number of halogens is 3. The lowest BCUT2D eigenvalue weighted by atomic mass is 10.1. The summed E-state index contributed by atoms with van der Waals surface area (Å²) in [5.74, 6) is -0.0181. The van der Waals surface area contributed by atoms with Crippen LogP contribution in [0.1, 0.15) is 16.7 Å². The lowest BCUT2D eigenvalue weighted by Crippen LogP contribution is -2.27. The standard InChI is InChI=1S/C25H18Cl2FNO4S/c1-32-21-9-6-15(10-22(21)33-14-17-7-8-18(26)12-19(17)27)11-23-24(30)29(25(31)34-23)13-16-4-2-3-5-20(16)28/h2-12H,13-14H2,1H3/b23-11-. The Kier molecular flexibility index (Phi) is 7.46. The molecule has 1 aliphatic rings. The Hall–Kier alpha value is -3.00. The Balaban J connectivity index is 1.53. The van der Waals surface area contributed by atoms with Gasteiger partial charge in [0.25, 0.3) is 11.1 Å². The fourth-order valence-corrected chi connectivity index (χ4v) is 4.58. The van der Waals surface area contributed by atoms with E-state index in [1.807, 2.05) is 0 Å². The molecule has 0 aromatic heterocycles. The van der Waals surface area contributed by atoms with Gasteiger partial charge in [-0.2, -0.15) is 0 Å². The van der Waals surface area contributed by atoms with Crippen molar-refractivity contribution in [2.75, 3.05) is 7.11 Å². The Morgan fingerprint density at radius 1 is 1.00 bits per heavy atom. The van der Waals surface area contributed by atoms with E-state index < -0.39 is 17.0 Å². The Labute approximate surface area is 210 Å². The first kappa shape index (κ1) is 24.1. The number of imide groups is 1. The summed E-state index contributed by atoms with van der Waals surface area (Å²) in [5.41, 5.74) is 1.65. The highest BCUT2D eigenvalue weighted by Crippen LogP contribution is 2.36. The molecule has 2 amide bonds. The van der Waals surface area contributed by atoms with Crippen LogP contribution in [0.25, 0.3) is 6.08 Å². The summed E-state index contributed by atoms with van der Waals surface area (Å²) in [6, 6.07) is 16.3. The molecule has 1 aliphatic heterocycles. The van der Waals surface area contributed by atoms with E-state index in [0.717, 1.165) is 22.2 Å². The van der Waals surface area contributed by atoms with Crippen LogP contribution in [0.15, 0.2) is 65.6 Å². The molecule has 0 bridgehead atoms. The molecule has 174 valence electrons. The van der Waals surface area contributed by atoms with Crippen LogP contribution < -0.4 is 9.47 Å². The summed E-state index contributed by atoms with van der Waals surface area (Å²) in [4.78, 5) is 26.5. The van der Waals surface area contributed by atoms with Gasteiger partial charge in [0.15, 0.2) is 11.5 Å². The van der Waals surface area contributed by atoms with Gasteiger partial charge in [0.1, 0.15) is 12.4 Å². The van der Waals surface area contributed by atoms with E-state index in [-0.39, 0.29) is 23.6 Å². The smallest absolute Gasteiger partial charge is 0.293 e. The molecular formula is C25H18Cl2FNO4S. The van der Waals surface area contributed by atoms with E-state index in [0.29, 0.717) is 27.1 Å². The molecule has 4 rings (SSSR count). The van der Waals surface area contributed by atoms with Gasteiger partial charge in [-0.3, -0.25) is 14.5 Å². The number of methoxy groups -OCH3 is 1. The van der Waals surface area contributed by atoms with E-state index >= 15 is 0 Å². The van der Waals surface area contributed by atoms with Gasteiger partial charge in [0.2, 0.25) is 0 Å². The SMILES string of the molecule is COc1ccc(/C=C2\SC(=O)N(Cc3ccccc3F)C2=O)cc1OCc1ccc(Cl)cc1Cl. The Bertz CT molecular complexity index is 1300. The second kappa shape index (κ2) is 10.5. The van der Waals surface area contributed by atoms with E-state index in [2.05, 4.69) is 0 Å². The maximum atomic E-state index is 14.0. The van der Waals surface area contributed by atoms with E-state index in [1.165, 1.54) is 13.2 Å². The monoisotopic (exact) mass is 517 g/mol. The first-order valence-electron chi connectivity index (χ1n) is 10.1. The number of thioether (sulfide) groups is 1. The second-order valence-electron chi connectivity index (χ2n) is 7.29. The zero-order chi connectivity index (χ0) is 24.2. The number of benzene rings is 3. The molecule has 1 fully saturated rings. The minimum Gasteiger partial charge on any atom is -0.493 e. The van der Waals surface area contributed by atoms with Crippen molar-refractivity contribution in [2.24, 2.45) is 0 Å². The van der Waals surface area contributed by atoms with Gasteiger partial charge in [-0.15, -0.1) is 0 Å². The number of amides is 2. The third kappa shape index (κ3) is 5.38. The van der Waals surface area contributed by atoms with Gasteiger partial charge < -0.3 is 9.47 Å².